The second-order valence-corrected chi connectivity index (χ2v) is 4.70. The number of hydrogen-bond acceptors (Lipinski definition) is 4. The maximum Gasteiger partial charge on any atom is 0.176 e. The Morgan fingerprint density at radius 1 is 1.45 bits per heavy atom. The second-order valence-electron chi connectivity index (χ2n) is 4.29. The molecule has 1 heterocycles. The van der Waals surface area contributed by atoms with E-state index in [4.69, 9.17) is 16.3 Å². The van der Waals surface area contributed by atoms with E-state index < -0.39 is 0 Å². The summed E-state index contributed by atoms with van der Waals surface area (Å²) in [6.45, 7) is 0. The lowest BCUT2D eigenvalue weighted by Gasteiger charge is -2.08. The van der Waals surface area contributed by atoms with Gasteiger partial charge in [0.1, 0.15) is 0 Å². The molecule has 0 amide bonds. The number of aryl methyl sites for hydroxylation is 1. The molecule has 0 atom stereocenters. The molecular formula is C15H14ClNO3. The van der Waals surface area contributed by atoms with Crippen LogP contribution in [0.25, 0.3) is 0 Å². The average Bonchev–Trinajstić information content (AvgIpc) is 2.48. The molecule has 0 bridgehead atoms. The molecule has 104 valence electrons. The summed E-state index contributed by atoms with van der Waals surface area (Å²) < 4.78 is 5.03. The molecule has 5 heteroatoms. The number of pyridine rings is 1. The van der Waals surface area contributed by atoms with Gasteiger partial charge in [-0.3, -0.25) is 9.78 Å². The highest BCUT2D eigenvalue weighted by Gasteiger charge is 2.11. The van der Waals surface area contributed by atoms with Gasteiger partial charge in [-0.05, 0) is 36.2 Å². The van der Waals surface area contributed by atoms with Crippen molar-refractivity contribution in [2.75, 3.05) is 7.11 Å². The molecule has 4 nitrogen and oxygen atoms in total. The third-order valence-corrected chi connectivity index (χ3v) is 3.22. The van der Waals surface area contributed by atoms with Crippen molar-refractivity contribution < 1.29 is 14.6 Å². The van der Waals surface area contributed by atoms with E-state index in [-0.39, 0.29) is 16.6 Å². The predicted molar refractivity (Wildman–Crippen MR) is 76.6 cm³/mol. The zero-order valence-corrected chi connectivity index (χ0v) is 11.7. The Labute approximate surface area is 122 Å². The summed E-state index contributed by atoms with van der Waals surface area (Å²) in [6.07, 6.45) is 4.04. The second kappa shape index (κ2) is 6.39. The molecule has 20 heavy (non-hydrogen) atoms. The van der Waals surface area contributed by atoms with Crippen LogP contribution in [0, 0.1) is 0 Å². The highest BCUT2D eigenvalue weighted by Crippen LogP contribution is 2.35. The Morgan fingerprint density at radius 3 is 2.90 bits per heavy atom. The monoisotopic (exact) mass is 291 g/mol. The number of aromatic nitrogens is 1. The highest BCUT2D eigenvalue weighted by molar-refractivity contribution is 6.32. The lowest BCUT2D eigenvalue weighted by Crippen LogP contribution is -2.01. The minimum Gasteiger partial charge on any atom is -0.503 e. The number of carbonyl (C=O) groups is 1. The van der Waals surface area contributed by atoms with Gasteiger partial charge in [0.2, 0.25) is 0 Å². The number of nitrogens with zero attached hydrogens (tertiary/aromatic N) is 1. The van der Waals surface area contributed by atoms with E-state index in [2.05, 4.69) is 4.98 Å². The van der Waals surface area contributed by atoms with Crippen LogP contribution in [0.1, 0.15) is 22.3 Å². The van der Waals surface area contributed by atoms with Crippen LogP contribution in [-0.4, -0.2) is 23.0 Å². The number of phenolic OH excluding ortho intramolecular Hbond substituents is 1. The Balaban J connectivity index is 2.08. The maximum atomic E-state index is 12.0. The standard InChI is InChI=1S/C15H14ClNO3/c1-20-14-8-10(7-12(16)15(14)19)4-5-13(18)11-3-2-6-17-9-11/h2-3,6-9,19H,4-5H2,1H3. The van der Waals surface area contributed by atoms with Gasteiger partial charge in [0.05, 0.1) is 12.1 Å². The van der Waals surface area contributed by atoms with E-state index in [0.717, 1.165) is 5.56 Å². The van der Waals surface area contributed by atoms with E-state index >= 15 is 0 Å². The summed E-state index contributed by atoms with van der Waals surface area (Å²) in [6, 6.07) is 6.78. The number of Topliss-reactive ketones (excluding diaryl/α,β-unsaturated/α-hetero) is 1. The molecule has 1 N–H and O–H groups in total. The first-order chi connectivity index (χ1) is 9.61. The Hall–Kier alpha value is -2.07. The number of phenols is 1. The zero-order valence-electron chi connectivity index (χ0n) is 11.0. The molecular weight excluding hydrogens is 278 g/mol. The van der Waals surface area contributed by atoms with Crippen molar-refractivity contribution in [1.29, 1.82) is 0 Å². The first-order valence-electron chi connectivity index (χ1n) is 6.10. The van der Waals surface area contributed by atoms with Crippen molar-refractivity contribution in [2.24, 2.45) is 0 Å². The smallest absolute Gasteiger partial charge is 0.176 e. The quantitative estimate of drug-likeness (QED) is 0.859. The minimum absolute atomic E-state index is 0.0151. The topological polar surface area (TPSA) is 59.4 Å². The molecule has 0 spiro atoms. The number of ether oxygens (including phenoxy) is 1. The van der Waals surface area contributed by atoms with Gasteiger partial charge in [0.25, 0.3) is 0 Å². The first kappa shape index (κ1) is 14.3. The third kappa shape index (κ3) is 3.27. The third-order valence-electron chi connectivity index (χ3n) is 2.93. The summed E-state index contributed by atoms with van der Waals surface area (Å²) in [5, 5.41) is 9.86. The molecule has 0 fully saturated rings. The normalized spacial score (nSPS) is 10.3. The molecule has 0 saturated heterocycles. The number of hydrogen-bond donors (Lipinski definition) is 1. The van der Waals surface area contributed by atoms with Crippen molar-refractivity contribution in [3.05, 3.63) is 52.8 Å². The van der Waals surface area contributed by atoms with Crippen LogP contribution in [0.2, 0.25) is 5.02 Å². The van der Waals surface area contributed by atoms with Crippen LogP contribution in [0.4, 0.5) is 0 Å². The van der Waals surface area contributed by atoms with Gasteiger partial charge in [0.15, 0.2) is 17.3 Å². The maximum absolute atomic E-state index is 12.0. The molecule has 0 aliphatic rings. The number of methoxy groups -OCH3 is 1. The van der Waals surface area contributed by atoms with Gasteiger partial charge in [-0.2, -0.15) is 0 Å². The summed E-state index contributed by atoms with van der Waals surface area (Å²) in [5.41, 5.74) is 1.42. The fraction of sp³-hybridized carbons (Fsp3) is 0.200. The van der Waals surface area contributed by atoms with Crippen LogP contribution < -0.4 is 4.74 Å². The van der Waals surface area contributed by atoms with E-state index in [0.29, 0.717) is 24.2 Å². The van der Waals surface area contributed by atoms with Crippen LogP contribution in [0.3, 0.4) is 0 Å². The van der Waals surface area contributed by atoms with E-state index in [9.17, 15) is 9.90 Å². The predicted octanol–water partition coefficient (Wildman–Crippen LogP) is 3.26. The Bertz CT molecular complexity index is 614. The number of aromatic hydroxyl groups is 1. The number of benzene rings is 1. The summed E-state index contributed by atoms with van der Waals surface area (Å²) in [7, 11) is 1.45. The average molecular weight is 292 g/mol. The number of rotatable bonds is 5. The van der Waals surface area contributed by atoms with Gasteiger partial charge in [-0.15, -0.1) is 0 Å². The Kier molecular flexibility index (Phi) is 4.58. The first-order valence-corrected chi connectivity index (χ1v) is 6.48. The number of ketones is 1. The molecule has 0 saturated carbocycles. The fourth-order valence-electron chi connectivity index (χ4n) is 1.86. The van der Waals surface area contributed by atoms with Crippen molar-refractivity contribution >= 4 is 17.4 Å². The SMILES string of the molecule is COc1cc(CCC(=O)c2cccnc2)cc(Cl)c1O. The van der Waals surface area contributed by atoms with E-state index in [1.807, 2.05) is 0 Å². The van der Waals surface area contributed by atoms with Gasteiger partial charge >= 0.3 is 0 Å². The lowest BCUT2D eigenvalue weighted by atomic mass is 10.0. The van der Waals surface area contributed by atoms with Crippen LogP contribution >= 0.6 is 11.6 Å². The summed E-state index contributed by atoms with van der Waals surface area (Å²) >= 11 is 5.91. The number of halogens is 1. The molecule has 0 radical (unpaired) electrons. The van der Waals surface area contributed by atoms with Gasteiger partial charge < -0.3 is 9.84 Å². The largest absolute Gasteiger partial charge is 0.503 e. The van der Waals surface area contributed by atoms with E-state index in [1.165, 1.54) is 7.11 Å². The van der Waals surface area contributed by atoms with Gasteiger partial charge in [-0.1, -0.05) is 11.6 Å². The van der Waals surface area contributed by atoms with Crippen LogP contribution in [0.5, 0.6) is 11.5 Å². The van der Waals surface area contributed by atoms with Crippen LogP contribution in [0.15, 0.2) is 36.7 Å². The van der Waals surface area contributed by atoms with Crippen molar-refractivity contribution in [2.45, 2.75) is 12.8 Å². The minimum atomic E-state index is -0.0866. The summed E-state index contributed by atoms with van der Waals surface area (Å²) in [4.78, 5) is 15.9. The molecule has 0 aliphatic carbocycles. The molecule has 2 rings (SSSR count). The lowest BCUT2D eigenvalue weighted by molar-refractivity contribution is 0.0982. The van der Waals surface area contributed by atoms with E-state index in [1.54, 1.807) is 36.7 Å². The molecule has 0 unspecified atom stereocenters. The van der Waals surface area contributed by atoms with Crippen LogP contribution in [-0.2, 0) is 6.42 Å². The molecule has 2 aromatic rings. The molecule has 1 aromatic heterocycles. The van der Waals surface area contributed by atoms with Crippen molar-refractivity contribution in [3.8, 4) is 11.5 Å². The highest BCUT2D eigenvalue weighted by atomic mass is 35.5. The van der Waals surface area contributed by atoms with Gasteiger partial charge in [-0.25, -0.2) is 0 Å². The van der Waals surface area contributed by atoms with Crippen molar-refractivity contribution in [3.63, 3.8) is 0 Å². The molecule has 1 aromatic carbocycles. The molecule has 0 aliphatic heterocycles. The van der Waals surface area contributed by atoms with Crippen molar-refractivity contribution in [1.82, 2.24) is 4.98 Å². The zero-order chi connectivity index (χ0) is 14.5. The fourth-order valence-corrected chi connectivity index (χ4v) is 2.09. The number of carbonyl (C=O) groups excluding carboxylic acids is 1. The Morgan fingerprint density at radius 2 is 2.25 bits per heavy atom. The van der Waals surface area contributed by atoms with Gasteiger partial charge in [0, 0.05) is 24.4 Å². The summed E-state index contributed by atoms with van der Waals surface area (Å²) in [5.74, 6) is 0.235.